The summed E-state index contributed by atoms with van der Waals surface area (Å²) in [5, 5.41) is 2.30. The molecule has 1 heterocycles. The molecule has 0 N–H and O–H groups in total. The summed E-state index contributed by atoms with van der Waals surface area (Å²) in [7, 11) is 3.56. The maximum atomic E-state index is 12.7. The van der Waals surface area contributed by atoms with E-state index in [1.54, 1.807) is 7.11 Å². The van der Waals surface area contributed by atoms with Gasteiger partial charge in [0.05, 0.1) is 13.7 Å². The van der Waals surface area contributed by atoms with Crippen molar-refractivity contribution in [3.8, 4) is 5.75 Å². The van der Waals surface area contributed by atoms with Gasteiger partial charge < -0.3 is 9.64 Å². The zero-order valence-electron chi connectivity index (χ0n) is 16.5. The Morgan fingerprint density at radius 3 is 2.61 bits per heavy atom. The number of amides is 1. The molecular formula is C24H26N2O2. The minimum Gasteiger partial charge on any atom is -0.497 e. The van der Waals surface area contributed by atoms with Crippen LogP contribution in [0.3, 0.4) is 0 Å². The first-order chi connectivity index (χ1) is 13.6. The first kappa shape index (κ1) is 18.5. The van der Waals surface area contributed by atoms with Crippen LogP contribution >= 0.6 is 0 Å². The van der Waals surface area contributed by atoms with E-state index < -0.39 is 0 Å². The molecule has 0 fully saturated rings. The first-order valence-corrected chi connectivity index (χ1v) is 9.72. The molecule has 0 radical (unpaired) electrons. The molecule has 4 rings (SSSR count). The fraction of sp³-hybridized carbons (Fsp3) is 0.292. The van der Waals surface area contributed by atoms with E-state index in [1.807, 2.05) is 24.1 Å². The van der Waals surface area contributed by atoms with E-state index in [-0.39, 0.29) is 5.91 Å². The van der Waals surface area contributed by atoms with E-state index in [9.17, 15) is 4.79 Å². The molecule has 0 spiro atoms. The van der Waals surface area contributed by atoms with Crippen molar-refractivity contribution >= 4 is 16.7 Å². The Morgan fingerprint density at radius 1 is 1.04 bits per heavy atom. The molecule has 0 bridgehead atoms. The van der Waals surface area contributed by atoms with Crippen LogP contribution in [0.1, 0.15) is 16.7 Å². The summed E-state index contributed by atoms with van der Waals surface area (Å²) in [6, 6.07) is 20.9. The van der Waals surface area contributed by atoms with Gasteiger partial charge in [0, 0.05) is 26.7 Å². The number of ether oxygens (including phenoxy) is 1. The van der Waals surface area contributed by atoms with E-state index in [2.05, 4.69) is 53.4 Å². The number of likely N-dealkylation sites (N-methyl/N-ethyl adjacent to an activating group) is 1. The minimum atomic E-state index is 0.161. The van der Waals surface area contributed by atoms with E-state index in [0.29, 0.717) is 13.1 Å². The standard InChI is InChI=1S/C24H26N2O2/c1-25(15-18-7-8-21-14-23(28-2)10-9-20(21)13-18)24(27)17-26-12-11-19-5-3-4-6-22(19)16-26/h3-10,13-14H,11-12,15-17H2,1-2H3. The second kappa shape index (κ2) is 8.03. The lowest BCUT2D eigenvalue weighted by Gasteiger charge is -2.29. The summed E-state index contributed by atoms with van der Waals surface area (Å²) < 4.78 is 5.29. The number of hydrogen-bond acceptors (Lipinski definition) is 3. The van der Waals surface area contributed by atoms with Crippen molar-refractivity contribution in [1.82, 2.24) is 9.80 Å². The van der Waals surface area contributed by atoms with Crippen molar-refractivity contribution in [2.75, 3.05) is 27.2 Å². The first-order valence-electron chi connectivity index (χ1n) is 9.72. The van der Waals surface area contributed by atoms with Gasteiger partial charge in [0.25, 0.3) is 0 Å². The molecule has 1 aliphatic rings. The van der Waals surface area contributed by atoms with Crippen LogP contribution < -0.4 is 4.74 Å². The Morgan fingerprint density at radius 2 is 1.79 bits per heavy atom. The molecule has 0 saturated carbocycles. The van der Waals surface area contributed by atoms with Gasteiger partial charge in [-0.3, -0.25) is 9.69 Å². The highest BCUT2D eigenvalue weighted by atomic mass is 16.5. The Labute approximate surface area is 166 Å². The summed E-state index contributed by atoms with van der Waals surface area (Å²) in [5.74, 6) is 1.02. The number of carbonyl (C=O) groups is 1. The summed E-state index contributed by atoms with van der Waals surface area (Å²) >= 11 is 0. The summed E-state index contributed by atoms with van der Waals surface area (Å²) in [6.07, 6.45) is 1.02. The van der Waals surface area contributed by atoms with Gasteiger partial charge in [-0.25, -0.2) is 0 Å². The second-order valence-electron chi connectivity index (χ2n) is 7.53. The third-order valence-corrected chi connectivity index (χ3v) is 5.53. The van der Waals surface area contributed by atoms with E-state index in [4.69, 9.17) is 4.74 Å². The van der Waals surface area contributed by atoms with Crippen molar-refractivity contribution in [3.05, 3.63) is 77.4 Å². The van der Waals surface area contributed by atoms with E-state index in [1.165, 1.54) is 11.1 Å². The molecule has 3 aromatic carbocycles. The number of methoxy groups -OCH3 is 1. The van der Waals surface area contributed by atoms with Crippen LogP contribution in [0.25, 0.3) is 10.8 Å². The van der Waals surface area contributed by atoms with Gasteiger partial charge >= 0.3 is 0 Å². The quantitative estimate of drug-likeness (QED) is 0.680. The Bertz CT molecular complexity index is 999. The van der Waals surface area contributed by atoms with Gasteiger partial charge in [0.15, 0.2) is 0 Å². The maximum Gasteiger partial charge on any atom is 0.236 e. The highest BCUT2D eigenvalue weighted by molar-refractivity contribution is 5.84. The highest BCUT2D eigenvalue weighted by Gasteiger charge is 2.19. The van der Waals surface area contributed by atoms with Crippen molar-refractivity contribution < 1.29 is 9.53 Å². The molecule has 144 valence electrons. The monoisotopic (exact) mass is 374 g/mol. The molecule has 1 aliphatic heterocycles. The maximum absolute atomic E-state index is 12.7. The van der Waals surface area contributed by atoms with E-state index in [0.717, 1.165) is 41.6 Å². The largest absolute Gasteiger partial charge is 0.497 e. The van der Waals surface area contributed by atoms with Crippen LogP contribution in [0.15, 0.2) is 60.7 Å². The van der Waals surface area contributed by atoms with Crippen LogP contribution in [-0.2, 0) is 24.3 Å². The van der Waals surface area contributed by atoms with Gasteiger partial charge in [-0.15, -0.1) is 0 Å². The number of carbonyl (C=O) groups excluding carboxylic acids is 1. The third kappa shape index (κ3) is 4.02. The Kier molecular flexibility index (Phi) is 5.31. The predicted molar refractivity (Wildman–Crippen MR) is 112 cm³/mol. The SMILES string of the molecule is COc1ccc2cc(CN(C)C(=O)CN3CCc4ccccc4C3)ccc2c1. The predicted octanol–water partition coefficient (Wildman–Crippen LogP) is 3.87. The summed E-state index contributed by atoms with van der Waals surface area (Å²) in [6.45, 7) is 2.88. The molecule has 4 nitrogen and oxygen atoms in total. The number of nitrogens with zero attached hydrogens (tertiary/aromatic N) is 2. The molecule has 3 aromatic rings. The zero-order valence-corrected chi connectivity index (χ0v) is 16.5. The van der Waals surface area contributed by atoms with Crippen LogP contribution in [-0.4, -0.2) is 43.0 Å². The smallest absolute Gasteiger partial charge is 0.236 e. The lowest BCUT2D eigenvalue weighted by atomic mass is 10.00. The van der Waals surface area contributed by atoms with Gasteiger partial charge in [-0.1, -0.05) is 42.5 Å². The van der Waals surface area contributed by atoms with Gasteiger partial charge in [-0.05, 0) is 52.1 Å². The number of benzene rings is 3. The molecule has 0 saturated heterocycles. The van der Waals surface area contributed by atoms with Crippen molar-refractivity contribution in [2.24, 2.45) is 0 Å². The molecule has 4 heteroatoms. The number of rotatable bonds is 5. The van der Waals surface area contributed by atoms with Gasteiger partial charge in [0.2, 0.25) is 5.91 Å². The van der Waals surface area contributed by atoms with Crippen LogP contribution in [0.2, 0.25) is 0 Å². The molecule has 0 aliphatic carbocycles. The highest BCUT2D eigenvalue weighted by Crippen LogP contribution is 2.23. The average Bonchev–Trinajstić information content (AvgIpc) is 2.73. The second-order valence-corrected chi connectivity index (χ2v) is 7.53. The topological polar surface area (TPSA) is 32.8 Å². The average molecular weight is 374 g/mol. The van der Waals surface area contributed by atoms with Crippen LogP contribution in [0, 0.1) is 0 Å². The van der Waals surface area contributed by atoms with Crippen molar-refractivity contribution in [3.63, 3.8) is 0 Å². The normalized spacial score (nSPS) is 13.9. The Hall–Kier alpha value is -2.85. The fourth-order valence-corrected chi connectivity index (χ4v) is 3.86. The van der Waals surface area contributed by atoms with Crippen molar-refractivity contribution in [2.45, 2.75) is 19.5 Å². The summed E-state index contributed by atoms with van der Waals surface area (Å²) in [4.78, 5) is 16.8. The van der Waals surface area contributed by atoms with Gasteiger partial charge in [0.1, 0.15) is 5.75 Å². The minimum absolute atomic E-state index is 0.161. The molecule has 0 atom stereocenters. The Balaban J connectivity index is 1.38. The summed E-state index contributed by atoms with van der Waals surface area (Å²) in [5.41, 5.74) is 3.89. The van der Waals surface area contributed by atoms with Crippen LogP contribution in [0.5, 0.6) is 5.75 Å². The molecular weight excluding hydrogens is 348 g/mol. The lowest BCUT2D eigenvalue weighted by molar-refractivity contribution is -0.131. The fourth-order valence-electron chi connectivity index (χ4n) is 3.86. The molecule has 1 amide bonds. The lowest BCUT2D eigenvalue weighted by Crippen LogP contribution is -2.40. The zero-order chi connectivity index (χ0) is 19.5. The number of fused-ring (bicyclic) bond motifs is 2. The number of hydrogen-bond donors (Lipinski definition) is 0. The van der Waals surface area contributed by atoms with Gasteiger partial charge in [-0.2, -0.15) is 0 Å². The molecule has 0 aromatic heterocycles. The molecule has 28 heavy (non-hydrogen) atoms. The van der Waals surface area contributed by atoms with E-state index >= 15 is 0 Å². The third-order valence-electron chi connectivity index (χ3n) is 5.53. The van der Waals surface area contributed by atoms with Crippen molar-refractivity contribution in [1.29, 1.82) is 0 Å². The molecule has 0 unspecified atom stereocenters. The van der Waals surface area contributed by atoms with Crippen LogP contribution in [0.4, 0.5) is 0 Å².